The summed E-state index contributed by atoms with van der Waals surface area (Å²) in [5.41, 5.74) is 0.0597. The lowest BCUT2D eigenvalue weighted by Crippen LogP contribution is -2.24. The number of nitriles is 1. The van der Waals surface area contributed by atoms with E-state index in [1.807, 2.05) is 6.92 Å². The van der Waals surface area contributed by atoms with E-state index in [2.05, 4.69) is 0 Å². The molecule has 1 aromatic rings. The summed E-state index contributed by atoms with van der Waals surface area (Å²) < 4.78 is 38.1. The molecule has 0 saturated carbocycles. The third kappa shape index (κ3) is 4.23. The Hall–Kier alpha value is -1.51. The van der Waals surface area contributed by atoms with Gasteiger partial charge in [0.25, 0.3) is 0 Å². The first-order chi connectivity index (χ1) is 10.1. The molecule has 1 aliphatic rings. The summed E-state index contributed by atoms with van der Waals surface area (Å²) in [6, 6.07) is 4.03. The van der Waals surface area contributed by atoms with Crippen molar-refractivity contribution in [2.45, 2.75) is 44.8 Å². The summed E-state index contributed by atoms with van der Waals surface area (Å²) in [7, 11) is 0. The van der Waals surface area contributed by atoms with Crippen LogP contribution in [0.2, 0.25) is 0 Å². The van der Waals surface area contributed by atoms with E-state index >= 15 is 0 Å². The number of rotatable bonds is 5. The maximum atomic E-state index is 13.6. The fourth-order valence-electron chi connectivity index (χ4n) is 2.44. The topological polar surface area (TPSA) is 42.2 Å². The van der Waals surface area contributed by atoms with Gasteiger partial charge in [0.2, 0.25) is 0 Å². The molecule has 0 spiro atoms. The predicted octanol–water partition coefficient (Wildman–Crippen LogP) is 3.87. The number of ether oxygens (including phenoxy) is 2. The normalized spacial score (nSPS) is 17.4. The summed E-state index contributed by atoms with van der Waals surface area (Å²) in [4.78, 5) is 0. The minimum Gasteiger partial charge on any atom is -0.353 e. The highest BCUT2D eigenvalue weighted by atomic mass is 19.1. The van der Waals surface area contributed by atoms with E-state index in [4.69, 9.17) is 14.7 Å². The molecule has 1 aromatic carbocycles. The van der Waals surface area contributed by atoms with Gasteiger partial charge in [0.15, 0.2) is 6.29 Å². The molecule has 1 saturated heterocycles. The fraction of sp³-hybridized carbons (Fsp3) is 0.562. The van der Waals surface area contributed by atoms with Crippen LogP contribution in [0.4, 0.5) is 8.78 Å². The SMILES string of the molecule is CC(CCCC1OCCCO1)c1cc(F)c(C#N)c(F)c1. The van der Waals surface area contributed by atoms with Crippen molar-refractivity contribution in [3.8, 4) is 6.07 Å². The number of benzene rings is 1. The van der Waals surface area contributed by atoms with Crippen LogP contribution < -0.4 is 0 Å². The molecule has 1 unspecified atom stereocenters. The zero-order valence-electron chi connectivity index (χ0n) is 12.1. The molecule has 0 aromatic heterocycles. The second kappa shape index (κ2) is 7.48. The van der Waals surface area contributed by atoms with Crippen molar-refractivity contribution in [3.63, 3.8) is 0 Å². The Kier molecular flexibility index (Phi) is 5.66. The largest absolute Gasteiger partial charge is 0.353 e. The van der Waals surface area contributed by atoms with Gasteiger partial charge in [-0.15, -0.1) is 0 Å². The molecule has 3 nitrogen and oxygen atoms in total. The number of hydrogen-bond donors (Lipinski definition) is 0. The van der Waals surface area contributed by atoms with Crippen molar-refractivity contribution < 1.29 is 18.3 Å². The summed E-state index contributed by atoms with van der Waals surface area (Å²) in [6.07, 6.45) is 3.20. The molecule has 1 heterocycles. The van der Waals surface area contributed by atoms with Gasteiger partial charge >= 0.3 is 0 Å². The maximum Gasteiger partial charge on any atom is 0.157 e. The quantitative estimate of drug-likeness (QED) is 0.828. The molecule has 1 aliphatic heterocycles. The standard InChI is InChI=1S/C16H19F2NO2/c1-11(4-2-5-16-20-6-3-7-21-16)12-8-14(17)13(10-19)15(18)9-12/h8-9,11,16H,2-7H2,1H3. The van der Waals surface area contributed by atoms with Gasteiger partial charge in [-0.25, -0.2) is 8.78 Å². The number of halogens is 2. The molecule has 2 rings (SSSR count). The lowest BCUT2D eigenvalue weighted by Gasteiger charge is -2.23. The molecule has 0 N–H and O–H groups in total. The van der Waals surface area contributed by atoms with Crippen molar-refractivity contribution in [3.05, 3.63) is 34.9 Å². The van der Waals surface area contributed by atoms with Gasteiger partial charge in [-0.3, -0.25) is 0 Å². The monoisotopic (exact) mass is 295 g/mol. The van der Waals surface area contributed by atoms with Crippen molar-refractivity contribution in [1.29, 1.82) is 5.26 Å². The van der Waals surface area contributed by atoms with Crippen molar-refractivity contribution in [2.75, 3.05) is 13.2 Å². The van der Waals surface area contributed by atoms with E-state index in [0.29, 0.717) is 5.56 Å². The highest BCUT2D eigenvalue weighted by molar-refractivity contribution is 5.36. The molecule has 0 aliphatic carbocycles. The van der Waals surface area contributed by atoms with Gasteiger partial charge < -0.3 is 9.47 Å². The summed E-state index contributed by atoms with van der Waals surface area (Å²) in [5.74, 6) is -1.57. The second-order valence-electron chi connectivity index (χ2n) is 5.33. The maximum absolute atomic E-state index is 13.6. The minimum absolute atomic E-state index is 0.0188. The van der Waals surface area contributed by atoms with E-state index < -0.39 is 17.2 Å². The van der Waals surface area contributed by atoms with Crippen LogP contribution in [0.25, 0.3) is 0 Å². The number of hydrogen-bond acceptors (Lipinski definition) is 3. The number of nitrogens with zero attached hydrogens (tertiary/aromatic N) is 1. The average molecular weight is 295 g/mol. The summed E-state index contributed by atoms with van der Waals surface area (Å²) in [6.45, 7) is 3.38. The van der Waals surface area contributed by atoms with Crippen LogP contribution in [0.3, 0.4) is 0 Å². The van der Waals surface area contributed by atoms with E-state index in [1.54, 1.807) is 0 Å². The highest BCUT2D eigenvalue weighted by Gasteiger charge is 2.17. The Morgan fingerprint density at radius 1 is 1.29 bits per heavy atom. The Labute approximate surface area is 123 Å². The van der Waals surface area contributed by atoms with Gasteiger partial charge in [0.1, 0.15) is 23.3 Å². The first-order valence-electron chi connectivity index (χ1n) is 7.24. The Morgan fingerprint density at radius 3 is 2.48 bits per heavy atom. The highest BCUT2D eigenvalue weighted by Crippen LogP contribution is 2.26. The van der Waals surface area contributed by atoms with Gasteiger partial charge in [0.05, 0.1) is 13.2 Å². The minimum atomic E-state index is -0.793. The third-order valence-corrected chi connectivity index (χ3v) is 3.72. The van der Waals surface area contributed by atoms with Crippen LogP contribution in [-0.2, 0) is 9.47 Å². The molecule has 114 valence electrons. The van der Waals surface area contributed by atoms with Crippen LogP contribution in [0.1, 0.15) is 49.7 Å². The molecule has 0 amide bonds. The lowest BCUT2D eigenvalue weighted by atomic mass is 9.94. The van der Waals surface area contributed by atoms with Crippen LogP contribution in [-0.4, -0.2) is 19.5 Å². The van der Waals surface area contributed by atoms with Gasteiger partial charge in [-0.1, -0.05) is 6.92 Å². The van der Waals surface area contributed by atoms with Gasteiger partial charge in [0, 0.05) is 0 Å². The van der Waals surface area contributed by atoms with Crippen LogP contribution in [0, 0.1) is 23.0 Å². The molecular formula is C16H19F2NO2. The Morgan fingerprint density at radius 2 is 1.90 bits per heavy atom. The third-order valence-electron chi connectivity index (χ3n) is 3.72. The van der Waals surface area contributed by atoms with E-state index in [1.165, 1.54) is 18.2 Å². The first-order valence-corrected chi connectivity index (χ1v) is 7.24. The fourth-order valence-corrected chi connectivity index (χ4v) is 2.44. The summed E-state index contributed by atoms with van der Waals surface area (Å²) in [5, 5.41) is 8.66. The van der Waals surface area contributed by atoms with Crippen LogP contribution in [0.5, 0.6) is 0 Å². The second-order valence-corrected chi connectivity index (χ2v) is 5.33. The smallest absolute Gasteiger partial charge is 0.157 e. The molecule has 21 heavy (non-hydrogen) atoms. The molecule has 0 bridgehead atoms. The zero-order valence-corrected chi connectivity index (χ0v) is 12.1. The Balaban J connectivity index is 1.88. The van der Waals surface area contributed by atoms with E-state index in [9.17, 15) is 8.78 Å². The Bertz CT molecular complexity index is 498. The van der Waals surface area contributed by atoms with E-state index in [-0.39, 0.29) is 12.2 Å². The predicted molar refractivity (Wildman–Crippen MR) is 73.6 cm³/mol. The molecule has 5 heteroatoms. The molecular weight excluding hydrogens is 276 g/mol. The van der Waals surface area contributed by atoms with E-state index in [0.717, 1.165) is 38.9 Å². The van der Waals surface area contributed by atoms with Gasteiger partial charge in [-0.2, -0.15) is 5.26 Å². The average Bonchev–Trinajstić information content (AvgIpc) is 2.48. The zero-order chi connectivity index (χ0) is 15.2. The van der Waals surface area contributed by atoms with Crippen LogP contribution in [0.15, 0.2) is 12.1 Å². The summed E-state index contributed by atoms with van der Waals surface area (Å²) >= 11 is 0. The molecule has 0 radical (unpaired) electrons. The van der Waals surface area contributed by atoms with Crippen molar-refractivity contribution in [2.24, 2.45) is 0 Å². The van der Waals surface area contributed by atoms with Crippen LogP contribution >= 0.6 is 0 Å². The van der Waals surface area contributed by atoms with Crippen molar-refractivity contribution >= 4 is 0 Å². The molecule has 1 atom stereocenters. The van der Waals surface area contributed by atoms with Gasteiger partial charge in [-0.05, 0) is 49.3 Å². The lowest BCUT2D eigenvalue weighted by molar-refractivity contribution is -0.181. The first kappa shape index (κ1) is 15.9. The molecule has 1 fully saturated rings. The van der Waals surface area contributed by atoms with Crippen molar-refractivity contribution in [1.82, 2.24) is 0 Å².